The standard InChI is InChI=1S/C21H37N3O5S/c1-5-30(27,28)22-15-17-23-19(29-24-17)16(14-18(25)26)10-9-13-21(20(2,3)4)11-7-6-8-12-21/h16,22H,5-15H2,1-4H3,(H,25,26)/t16-/m1/s1. The van der Waals surface area contributed by atoms with Crippen molar-refractivity contribution in [3.63, 3.8) is 0 Å². The largest absolute Gasteiger partial charge is 0.481 e. The molecule has 0 saturated heterocycles. The molecule has 0 spiro atoms. The van der Waals surface area contributed by atoms with Crippen molar-refractivity contribution >= 4 is 16.0 Å². The summed E-state index contributed by atoms with van der Waals surface area (Å²) < 4.78 is 30.9. The Labute approximate surface area is 180 Å². The number of sulfonamides is 1. The maximum Gasteiger partial charge on any atom is 0.304 e. The van der Waals surface area contributed by atoms with Gasteiger partial charge >= 0.3 is 5.97 Å². The third-order valence-corrected chi connectivity index (χ3v) is 8.04. The van der Waals surface area contributed by atoms with Gasteiger partial charge in [-0.2, -0.15) is 4.98 Å². The lowest BCUT2D eigenvalue weighted by Crippen LogP contribution is -2.37. The van der Waals surface area contributed by atoms with Crippen molar-refractivity contribution in [2.75, 3.05) is 5.75 Å². The fourth-order valence-electron chi connectivity index (χ4n) is 4.60. The number of hydrogen-bond acceptors (Lipinski definition) is 6. The lowest BCUT2D eigenvalue weighted by atomic mass is 9.57. The molecule has 0 aromatic carbocycles. The van der Waals surface area contributed by atoms with Crippen LogP contribution >= 0.6 is 0 Å². The van der Waals surface area contributed by atoms with Crippen LogP contribution in [-0.4, -0.2) is 35.4 Å². The molecule has 1 saturated carbocycles. The van der Waals surface area contributed by atoms with Gasteiger partial charge in [0, 0.05) is 5.92 Å². The first-order valence-electron chi connectivity index (χ1n) is 11.0. The molecule has 1 fully saturated rings. The van der Waals surface area contributed by atoms with E-state index in [1.165, 1.54) is 32.1 Å². The molecule has 2 rings (SSSR count). The molecule has 1 aliphatic carbocycles. The number of nitrogens with one attached hydrogen (secondary N) is 1. The lowest BCUT2D eigenvalue weighted by Gasteiger charge is -2.48. The molecule has 0 aliphatic heterocycles. The lowest BCUT2D eigenvalue weighted by molar-refractivity contribution is -0.137. The van der Waals surface area contributed by atoms with Crippen LogP contribution in [0.5, 0.6) is 0 Å². The Morgan fingerprint density at radius 3 is 2.50 bits per heavy atom. The van der Waals surface area contributed by atoms with E-state index < -0.39 is 16.0 Å². The first-order chi connectivity index (χ1) is 14.0. The number of aromatic nitrogens is 2. The van der Waals surface area contributed by atoms with E-state index in [1.54, 1.807) is 6.92 Å². The molecule has 0 radical (unpaired) electrons. The van der Waals surface area contributed by atoms with E-state index in [4.69, 9.17) is 4.52 Å². The minimum absolute atomic E-state index is 0.0329. The Kier molecular flexibility index (Phi) is 8.44. The predicted molar refractivity (Wildman–Crippen MR) is 114 cm³/mol. The summed E-state index contributed by atoms with van der Waals surface area (Å²) in [4.78, 5) is 15.7. The van der Waals surface area contributed by atoms with Crippen molar-refractivity contribution in [1.29, 1.82) is 0 Å². The van der Waals surface area contributed by atoms with Crippen LogP contribution in [0.15, 0.2) is 4.52 Å². The zero-order chi connectivity index (χ0) is 22.4. The van der Waals surface area contributed by atoms with Crippen LogP contribution in [0.1, 0.15) is 103 Å². The number of carboxylic acids is 1. The average Bonchev–Trinajstić information content (AvgIpc) is 3.14. The molecule has 0 amide bonds. The van der Waals surface area contributed by atoms with Crippen molar-refractivity contribution in [3.8, 4) is 0 Å². The molecular weight excluding hydrogens is 406 g/mol. The topological polar surface area (TPSA) is 122 Å². The van der Waals surface area contributed by atoms with Crippen molar-refractivity contribution in [1.82, 2.24) is 14.9 Å². The van der Waals surface area contributed by atoms with Crippen LogP contribution in [0.2, 0.25) is 0 Å². The molecule has 1 aromatic rings. The smallest absolute Gasteiger partial charge is 0.304 e. The summed E-state index contributed by atoms with van der Waals surface area (Å²) >= 11 is 0. The fourth-order valence-corrected chi connectivity index (χ4v) is 5.15. The highest BCUT2D eigenvalue weighted by Crippen LogP contribution is 2.53. The number of nitrogens with zero attached hydrogens (tertiary/aromatic N) is 2. The molecule has 1 aromatic heterocycles. The van der Waals surface area contributed by atoms with E-state index in [0.717, 1.165) is 12.8 Å². The summed E-state index contributed by atoms with van der Waals surface area (Å²) in [6.07, 6.45) is 8.81. The van der Waals surface area contributed by atoms with Gasteiger partial charge in [0.1, 0.15) is 0 Å². The molecule has 30 heavy (non-hydrogen) atoms. The van der Waals surface area contributed by atoms with E-state index in [1.807, 2.05) is 0 Å². The maximum atomic E-state index is 11.6. The van der Waals surface area contributed by atoms with E-state index in [2.05, 4.69) is 35.6 Å². The fraction of sp³-hybridized carbons (Fsp3) is 0.857. The number of aliphatic carboxylic acids is 1. The molecule has 1 atom stereocenters. The van der Waals surface area contributed by atoms with Crippen LogP contribution in [0.25, 0.3) is 0 Å². The molecule has 8 nitrogen and oxygen atoms in total. The highest BCUT2D eigenvalue weighted by atomic mass is 32.2. The van der Waals surface area contributed by atoms with Gasteiger partial charge in [-0.1, -0.05) is 51.6 Å². The molecule has 1 heterocycles. The number of carbonyl (C=O) groups is 1. The summed E-state index contributed by atoms with van der Waals surface area (Å²) in [5.74, 6) is -0.816. The van der Waals surface area contributed by atoms with Gasteiger partial charge in [-0.3, -0.25) is 4.79 Å². The van der Waals surface area contributed by atoms with Gasteiger partial charge in [-0.05, 0) is 43.4 Å². The molecule has 2 N–H and O–H groups in total. The van der Waals surface area contributed by atoms with Gasteiger partial charge in [-0.15, -0.1) is 0 Å². The highest BCUT2D eigenvalue weighted by molar-refractivity contribution is 7.89. The predicted octanol–water partition coefficient (Wildman–Crippen LogP) is 4.23. The van der Waals surface area contributed by atoms with Crippen LogP contribution < -0.4 is 4.72 Å². The van der Waals surface area contributed by atoms with Gasteiger partial charge in [0.25, 0.3) is 0 Å². The van der Waals surface area contributed by atoms with Gasteiger partial charge in [-0.25, -0.2) is 13.1 Å². The van der Waals surface area contributed by atoms with Crippen LogP contribution in [-0.2, 0) is 21.4 Å². The summed E-state index contributed by atoms with van der Waals surface area (Å²) in [5.41, 5.74) is 0.501. The second-order valence-electron chi connectivity index (χ2n) is 9.55. The van der Waals surface area contributed by atoms with Crippen molar-refractivity contribution in [3.05, 3.63) is 11.7 Å². The first-order valence-corrected chi connectivity index (χ1v) is 12.6. The molecule has 172 valence electrons. The van der Waals surface area contributed by atoms with E-state index >= 15 is 0 Å². The number of hydrogen-bond donors (Lipinski definition) is 2. The maximum absolute atomic E-state index is 11.6. The zero-order valence-electron chi connectivity index (χ0n) is 18.7. The number of rotatable bonds is 11. The Bertz CT molecular complexity index is 792. The Morgan fingerprint density at radius 2 is 1.93 bits per heavy atom. The van der Waals surface area contributed by atoms with Crippen LogP contribution in [0, 0.1) is 10.8 Å². The van der Waals surface area contributed by atoms with Crippen molar-refractivity contribution in [2.45, 2.75) is 97.9 Å². The zero-order valence-corrected chi connectivity index (χ0v) is 19.6. The Morgan fingerprint density at radius 1 is 1.27 bits per heavy atom. The van der Waals surface area contributed by atoms with E-state index in [-0.39, 0.29) is 47.2 Å². The van der Waals surface area contributed by atoms with E-state index in [9.17, 15) is 18.3 Å². The first kappa shape index (κ1) is 24.8. The Hall–Kier alpha value is -1.48. The third kappa shape index (κ3) is 6.77. The molecule has 0 bridgehead atoms. The Balaban J connectivity index is 2.03. The van der Waals surface area contributed by atoms with E-state index in [0.29, 0.717) is 6.42 Å². The van der Waals surface area contributed by atoms with Crippen LogP contribution in [0.3, 0.4) is 0 Å². The van der Waals surface area contributed by atoms with Gasteiger partial charge in [0.05, 0.1) is 18.7 Å². The van der Waals surface area contributed by atoms with Crippen LogP contribution in [0.4, 0.5) is 0 Å². The molecular formula is C21H37N3O5S. The monoisotopic (exact) mass is 443 g/mol. The van der Waals surface area contributed by atoms with Crippen molar-refractivity contribution in [2.24, 2.45) is 10.8 Å². The molecule has 1 aliphatic rings. The summed E-state index contributed by atoms with van der Waals surface area (Å²) in [5, 5.41) is 13.2. The summed E-state index contributed by atoms with van der Waals surface area (Å²) in [6, 6.07) is 0. The van der Waals surface area contributed by atoms with Gasteiger partial charge in [0.2, 0.25) is 15.9 Å². The minimum atomic E-state index is -3.36. The second-order valence-corrected chi connectivity index (χ2v) is 11.6. The second kappa shape index (κ2) is 10.2. The van der Waals surface area contributed by atoms with Gasteiger partial charge in [0.15, 0.2) is 5.82 Å². The quantitative estimate of drug-likeness (QED) is 0.524. The molecule has 0 unspecified atom stereocenters. The average molecular weight is 444 g/mol. The van der Waals surface area contributed by atoms with Gasteiger partial charge < -0.3 is 9.63 Å². The number of carboxylic acid groups (broad SMARTS) is 1. The molecule has 9 heteroatoms. The SMILES string of the molecule is CCS(=O)(=O)NCc1noc([C@H](CCCC2(C(C)(C)C)CCCCC2)CC(=O)O)n1. The highest BCUT2D eigenvalue weighted by Gasteiger charge is 2.41. The van der Waals surface area contributed by atoms with Crippen molar-refractivity contribution < 1.29 is 22.8 Å². The summed E-state index contributed by atoms with van der Waals surface area (Å²) in [7, 11) is -3.36. The normalized spacial score (nSPS) is 18.3. The third-order valence-electron chi connectivity index (χ3n) is 6.69. The minimum Gasteiger partial charge on any atom is -0.481 e. The summed E-state index contributed by atoms with van der Waals surface area (Å²) in [6.45, 7) is 8.42.